The third kappa shape index (κ3) is 9.53. The maximum absolute atomic E-state index is 13.5. The predicted octanol–water partition coefficient (Wildman–Crippen LogP) is 7.40. The molecule has 0 saturated carbocycles. The molecule has 1 fully saturated rings. The number of likely N-dealkylation sites (tertiary alicyclic amines) is 1. The number of hydrogen-bond donors (Lipinski definition) is 2. The van der Waals surface area contributed by atoms with Crippen molar-refractivity contribution in [3.8, 4) is 26.9 Å². The molecular weight excluding hydrogens is 637 g/mol. The number of carboxylic acid groups (broad SMARTS) is 1. The van der Waals surface area contributed by atoms with Crippen LogP contribution in [0.5, 0.6) is 5.75 Å². The fourth-order valence-corrected chi connectivity index (χ4v) is 6.52. The highest BCUT2D eigenvalue weighted by molar-refractivity contribution is 7.17. The number of unbranched alkanes of at least 4 members (excludes halogenated alkanes) is 4. The topological polar surface area (TPSA) is 122 Å². The minimum absolute atomic E-state index is 0.0537. The minimum Gasteiger partial charge on any atom is -0.494 e. The number of hydrogen-bond acceptors (Lipinski definition) is 7. The Morgan fingerprint density at radius 2 is 1.47 bits per heavy atom. The second-order valence-electron chi connectivity index (χ2n) is 13.7. The Morgan fingerprint density at radius 1 is 0.878 bits per heavy atom. The number of carbonyl (C=O) groups is 3. The van der Waals surface area contributed by atoms with E-state index in [1.54, 1.807) is 12.1 Å². The van der Waals surface area contributed by atoms with Crippen molar-refractivity contribution in [1.82, 2.24) is 20.4 Å². The van der Waals surface area contributed by atoms with E-state index in [2.05, 4.69) is 43.2 Å². The van der Waals surface area contributed by atoms with E-state index in [0.717, 1.165) is 51.0 Å². The van der Waals surface area contributed by atoms with Gasteiger partial charge in [-0.1, -0.05) is 101 Å². The molecule has 2 N–H and O–H groups in total. The molecular formula is C39H46N4O5S. The van der Waals surface area contributed by atoms with Gasteiger partial charge in [0.25, 0.3) is 5.91 Å². The van der Waals surface area contributed by atoms with E-state index in [1.807, 2.05) is 60.7 Å². The molecule has 4 aromatic rings. The van der Waals surface area contributed by atoms with Crippen molar-refractivity contribution in [1.29, 1.82) is 0 Å². The zero-order valence-corrected chi connectivity index (χ0v) is 29.6. The average molecular weight is 683 g/mol. The Hall–Kier alpha value is -4.57. The maximum atomic E-state index is 13.5. The first-order chi connectivity index (χ1) is 23.5. The predicted molar refractivity (Wildman–Crippen MR) is 193 cm³/mol. The van der Waals surface area contributed by atoms with Gasteiger partial charge in [-0.25, -0.2) is 0 Å². The van der Waals surface area contributed by atoms with Gasteiger partial charge in [0.1, 0.15) is 21.8 Å². The van der Waals surface area contributed by atoms with Crippen LogP contribution in [0.25, 0.3) is 21.1 Å². The van der Waals surface area contributed by atoms with Gasteiger partial charge in [0, 0.05) is 36.2 Å². The Kier molecular flexibility index (Phi) is 11.8. The molecule has 0 unspecified atom stereocenters. The van der Waals surface area contributed by atoms with Crippen LogP contribution in [0.1, 0.15) is 81.3 Å². The maximum Gasteiger partial charge on any atom is 0.310 e. The normalized spacial score (nSPS) is 13.8. The van der Waals surface area contributed by atoms with Crippen LogP contribution in [-0.4, -0.2) is 63.7 Å². The minimum atomic E-state index is -0.923. The first-order valence-electron chi connectivity index (χ1n) is 17.1. The fourth-order valence-electron chi connectivity index (χ4n) is 5.66. The lowest BCUT2D eigenvalue weighted by atomic mass is 9.86. The highest BCUT2D eigenvalue weighted by Crippen LogP contribution is 2.31. The van der Waals surface area contributed by atoms with Crippen LogP contribution in [0.4, 0.5) is 0 Å². The van der Waals surface area contributed by atoms with E-state index in [9.17, 15) is 19.5 Å². The Bertz CT molecular complexity index is 1710. The third-order valence-electron chi connectivity index (χ3n) is 8.84. The first kappa shape index (κ1) is 35.7. The van der Waals surface area contributed by atoms with Gasteiger partial charge >= 0.3 is 5.97 Å². The van der Waals surface area contributed by atoms with Gasteiger partial charge < -0.3 is 20.1 Å². The molecule has 0 aliphatic carbocycles. The smallest absolute Gasteiger partial charge is 0.310 e. The number of ether oxygens (including phenoxy) is 1. The van der Waals surface area contributed by atoms with Crippen LogP contribution in [0.15, 0.2) is 72.8 Å². The summed E-state index contributed by atoms with van der Waals surface area (Å²) in [5.74, 6) is -1.31. The first-order valence-corrected chi connectivity index (χ1v) is 17.9. The Balaban J connectivity index is 1.23. The largest absolute Gasteiger partial charge is 0.494 e. The summed E-state index contributed by atoms with van der Waals surface area (Å²) in [5, 5.41) is 22.6. The molecule has 1 aliphatic heterocycles. The molecule has 0 radical (unpaired) electrons. The van der Waals surface area contributed by atoms with Crippen LogP contribution >= 0.6 is 11.3 Å². The third-order valence-corrected chi connectivity index (χ3v) is 9.86. The van der Waals surface area contributed by atoms with Crippen molar-refractivity contribution in [3.05, 3.63) is 89.5 Å². The summed E-state index contributed by atoms with van der Waals surface area (Å²) in [4.78, 5) is 39.6. The van der Waals surface area contributed by atoms with Gasteiger partial charge in [0.05, 0.1) is 12.5 Å². The molecule has 1 saturated heterocycles. The van der Waals surface area contributed by atoms with Gasteiger partial charge in [-0.05, 0) is 59.4 Å². The van der Waals surface area contributed by atoms with Crippen LogP contribution < -0.4 is 10.1 Å². The van der Waals surface area contributed by atoms with E-state index in [0.29, 0.717) is 5.56 Å². The second kappa shape index (κ2) is 16.2. The van der Waals surface area contributed by atoms with Crippen molar-refractivity contribution < 1.29 is 24.2 Å². The summed E-state index contributed by atoms with van der Waals surface area (Å²) in [6, 6.07) is 22.2. The lowest BCUT2D eigenvalue weighted by Crippen LogP contribution is -2.59. The molecule has 0 bridgehead atoms. The van der Waals surface area contributed by atoms with E-state index < -0.39 is 17.9 Å². The molecule has 10 heteroatoms. The number of aliphatic carboxylic acids is 1. The molecule has 258 valence electrons. The van der Waals surface area contributed by atoms with Gasteiger partial charge in [0.2, 0.25) is 5.91 Å². The summed E-state index contributed by atoms with van der Waals surface area (Å²) in [7, 11) is 0. The van der Waals surface area contributed by atoms with E-state index in [4.69, 9.17) is 4.74 Å². The molecule has 1 aromatic heterocycles. The van der Waals surface area contributed by atoms with E-state index in [-0.39, 0.29) is 36.7 Å². The van der Waals surface area contributed by atoms with Crippen LogP contribution in [0, 0.1) is 5.92 Å². The lowest BCUT2D eigenvalue weighted by molar-refractivity contribution is -0.153. The van der Waals surface area contributed by atoms with E-state index >= 15 is 0 Å². The molecule has 3 aromatic carbocycles. The van der Waals surface area contributed by atoms with Crippen LogP contribution in [-0.2, 0) is 21.4 Å². The molecule has 1 atom stereocenters. The van der Waals surface area contributed by atoms with Gasteiger partial charge in [-0.2, -0.15) is 0 Å². The molecule has 0 spiro atoms. The number of amides is 2. The molecule has 9 nitrogen and oxygen atoms in total. The summed E-state index contributed by atoms with van der Waals surface area (Å²) < 4.78 is 5.90. The number of carbonyl (C=O) groups excluding carboxylic acids is 2. The van der Waals surface area contributed by atoms with Crippen molar-refractivity contribution in [2.45, 2.75) is 77.7 Å². The van der Waals surface area contributed by atoms with Crippen LogP contribution in [0.3, 0.4) is 0 Å². The van der Waals surface area contributed by atoms with Gasteiger partial charge in [-0.3, -0.25) is 14.4 Å². The van der Waals surface area contributed by atoms with Crippen molar-refractivity contribution >= 4 is 29.1 Å². The summed E-state index contributed by atoms with van der Waals surface area (Å²) >= 11 is 1.50. The molecule has 49 heavy (non-hydrogen) atoms. The summed E-state index contributed by atoms with van der Waals surface area (Å²) in [6.45, 7) is 9.52. The standard InChI is InChI=1S/C39H46N4O5S/c1-5-6-7-8-9-22-48-32-20-16-29(17-21-32)36-42-41-35(49-36)28-12-10-26(11-13-28)23-33(37(45)43-24-30(25-43)38(46)47)40-34(44)27-14-18-31(19-15-27)39(2,3)4/h10-21,30,33H,5-9,22-25H2,1-4H3,(H,40,44)(H,46,47)/t33-/m0/s1. The SMILES string of the molecule is CCCCCCCOc1ccc(-c2nnc(-c3ccc(C[C@H](NC(=O)c4ccc(C(C)(C)C)cc4)C(=O)N4CC(C(=O)O)C4)cc3)s2)cc1. The number of benzene rings is 3. The van der Waals surface area contributed by atoms with Crippen molar-refractivity contribution in [2.24, 2.45) is 5.92 Å². The number of nitrogens with zero attached hydrogens (tertiary/aromatic N) is 3. The molecule has 2 heterocycles. The number of nitrogens with one attached hydrogen (secondary N) is 1. The fraction of sp³-hybridized carbons (Fsp3) is 0.410. The number of carboxylic acids is 1. The van der Waals surface area contributed by atoms with Gasteiger partial charge in [-0.15, -0.1) is 10.2 Å². The number of aromatic nitrogens is 2. The Morgan fingerprint density at radius 3 is 2.04 bits per heavy atom. The Labute approximate surface area is 292 Å². The summed E-state index contributed by atoms with van der Waals surface area (Å²) in [5.41, 5.74) is 4.23. The van der Waals surface area contributed by atoms with Crippen molar-refractivity contribution in [2.75, 3.05) is 19.7 Å². The highest BCUT2D eigenvalue weighted by Gasteiger charge is 2.38. The highest BCUT2D eigenvalue weighted by atomic mass is 32.1. The molecule has 1 aliphatic rings. The second-order valence-corrected chi connectivity index (χ2v) is 14.7. The van der Waals surface area contributed by atoms with Crippen molar-refractivity contribution in [3.63, 3.8) is 0 Å². The van der Waals surface area contributed by atoms with Gasteiger partial charge in [0.15, 0.2) is 0 Å². The molecule has 2 amide bonds. The monoisotopic (exact) mass is 682 g/mol. The quantitative estimate of drug-likeness (QED) is 0.125. The van der Waals surface area contributed by atoms with Crippen LogP contribution in [0.2, 0.25) is 0 Å². The summed E-state index contributed by atoms with van der Waals surface area (Å²) in [6.07, 6.45) is 6.27. The zero-order valence-electron chi connectivity index (χ0n) is 28.8. The van der Waals surface area contributed by atoms with E-state index in [1.165, 1.54) is 41.9 Å². The molecule has 5 rings (SSSR count). The lowest BCUT2D eigenvalue weighted by Gasteiger charge is -2.39. The average Bonchev–Trinajstić information content (AvgIpc) is 3.56. The zero-order chi connectivity index (χ0) is 35.0. The number of rotatable bonds is 15.